The van der Waals surface area contributed by atoms with E-state index in [1.54, 1.807) is 28.9 Å². The Morgan fingerprint density at radius 2 is 1.81 bits per heavy atom. The van der Waals surface area contributed by atoms with Gasteiger partial charge in [-0.15, -0.1) is 5.10 Å². The molecule has 0 spiro atoms. The predicted octanol–water partition coefficient (Wildman–Crippen LogP) is 3.91. The molecule has 1 aromatic carbocycles. The number of rotatable bonds is 7. The first-order valence-corrected chi connectivity index (χ1v) is 14.1. The zero-order valence-corrected chi connectivity index (χ0v) is 23.6. The maximum Gasteiger partial charge on any atom is 0.416 e. The van der Waals surface area contributed by atoms with Gasteiger partial charge in [0.1, 0.15) is 0 Å². The molecular weight excluding hydrogens is 558 g/mol. The van der Waals surface area contributed by atoms with Crippen molar-refractivity contribution < 1.29 is 37.0 Å². The van der Waals surface area contributed by atoms with Gasteiger partial charge in [-0.25, -0.2) is 4.39 Å². The van der Waals surface area contributed by atoms with E-state index in [0.717, 1.165) is 17.8 Å². The lowest BCUT2D eigenvalue weighted by Crippen LogP contribution is -2.47. The van der Waals surface area contributed by atoms with E-state index in [0.29, 0.717) is 49.5 Å². The molecule has 3 aliphatic heterocycles. The molecule has 2 aromatic rings. The summed E-state index contributed by atoms with van der Waals surface area (Å²) in [7, 11) is 1.51. The molecule has 1 N–H and O–H groups in total. The predicted molar refractivity (Wildman–Crippen MR) is 146 cm³/mol. The number of alkyl halides is 4. The summed E-state index contributed by atoms with van der Waals surface area (Å²) < 4.78 is 62.8. The highest BCUT2D eigenvalue weighted by Crippen LogP contribution is 2.43. The molecule has 1 amide bonds. The Bertz CT molecular complexity index is 1300. The summed E-state index contributed by atoms with van der Waals surface area (Å²) in [4.78, 5) is 30.1. The van der Waals surface area contributed by atoms with Crippen molar-refractivity contribution in [1.82, 2.24) is 15.1 Å². The third-order valence-corrected chi connectivity index (χ3v) is 8.76. The van der Waals surface area contributed by atoms with Crippen molar-refractivity contribution in [2.75, 3.05) is 62.8 Å². The summed E-state index contributed by atoms with van der Waals surface area (Å²) in [6, 6.07) is 7.10. The average Bonchev–Trinajstić information content (AvgIpc) is 3.57. The Labute approximate surface area is 241 Å². The minimum Gasteiger partial charge on any atom is -0.481 e. The lowest BCUT2D eigenvalue weighted by atomic mass is 9.86. The minimum absolute atomic E-state index is 0.0123. The van der Waals surface area contributed by atoms with Crippen LogP contribution in [0.4, 0.5) is 29.1 Å². The molecule has 0 radical (unpaired) electrons. The Balaban J connectivity index is 1.40. The molecule has 9 nitrogen and oxygen atoms in total. The van der Waals surface area contributed by atoms with E-state index in [-0.39, 0.29) is 38.6 Å². The molecule has 0 unspecified atom stereocenters. The van der Waals surface area contributed by atoms with Crippen molar-refractivity contribution in [2.24, 2.45) is 11.8 Å². The van der Waals surface area contributed by atoms with Crippen molar-refractivity contribution in [3.05, 3.63) is 47.2 Å². The lowest BCUT2D eigenvalue weighted by molar-refractivity contribution is -0.142. The summed E-state index contributed by atoms with van der Waals surface area (Å²) in [6.07, 6.45) is -3.95. The van der Waals surface area contributed by atoms with Crippen LogP contribution in [0.1, 0.15) is 42.0 Å². The van der Waals surface area contributed by atoms with Crippen LogP contribution >= 0.6 is 0 Å². The number of carboxylic acids is 1. The van der Waals surface area contributed by atoms with Crippen LogP contribution in [0.5, 0.6) is 0 Å². The van der Waals surface area contributed by atoms with Crippen LogP contribution in [0, 0.1) is 18.8 Å². The molecule has 3 saturated heterocycles. The smallest absolute Gasteiger partial charge is 0.416 e. The molecule has 0 saturated carbocycles. The number of anilines is 2. The number of carbonyl (C=O) groups is 2. The van der Waals surface area contributed by atoms with Gasteiger partial charge >= 0.3 is 12.1 Å². The van der Waals surface area contributed by atoms with Crippen LogP contribution < -0.4 is 9.80 Å². The number of benzene rings is 1. The fourth-order valence-electron chi connectivity index (χ4n) is 6.43. The second kappa shape index (κ2) is 11.7. The van der Waals surface area contributed by atoms with E-state index in [1.807, 2.05) is 0 Å². The molecule has 1 aromatic heterocycles. The summed E-state index contributed by atoms with van der Waals surface area (Å²) in [5.74, 6) is -2.28. The Kier molecular flexibility index (Phi) is 8.32. The number of carbonyl (C=O) groups excluding carboxylic acids is 1. The van der Waals surface area contributed by atoms with Crippen LogP contribution in [0.25, 0.3) is 0 Å². The van der Waals surface area contributed by atoms with Crippen LogP contribution in [0.2, 0.25) is 0 Å². The number of likely N-dealkylation sites (tertiary alicyclic amines) is 1. The normalized spacial score (nSPS) is 25.3. The highest BCUT2D eigenvalue weighted by molar-refractivity contribution is 5.87. The highest BCUT2D eigenvalue weighted by Gasteiger charge is 2.51. The Hall–Kier alpha value is -3.48. The van der Waals surface area contributed by atoms with Gasteiger partial charge in [0.05, 0.1) is 30.3 Å². The number of aliphatic carboxylic acids is 1. The van der Waals surface area contributed by atoms with Crippen LogP contribution in [-0.2, 0) is 20.5 Å². The van der Waals surface area contributed by atoms with Crippen molar-refractivity contribution >= 4 is 23.4 Å². The number of nitrogens with zero attached hydrogens (tertiary/aromatic N) is 5. The fraction of sp³-hybridized carbons (Fsp3) is 0.586. The monoisotopic (exact) mass is 593 g/mol. The number of hydrogen-bond donors (Lipinski definition) is 1. The SMILES string of the molecule is COC[C@H]1CN(C(=O)[C@@]2(F)CCN(c3ccc(C)nn3)C2)C[C@@H]1c1ccc(C(F)(F)F)cc1N1CCC(C(=O)O)CC1. The maximum absolute atomic E-state index is 16.2. The molecule has 42 heavy (non-hydrogen) atoms. The molecule has 0 bridgehead atoms. The molecule has 13 heteroatoms. The third-order valence-electron chi connectivity index (χ3n) is 8.76. The summed E-state index contributed by atoms with van der Waals surface area (Å²) in [5, 5.41) is 17.5. The van der Waals surface area contributed by atoms with Crippen molar-refractivity contribution in [3.8, 4) is 0 Å². The number of amides is 1. The standard InChI is InChI=1S/C29H35F4N5O4/c1-18-3-6-25(35-34-18)37-12-9-28(30,17-37)27(41)38-14-20(16-42-2)23(15-38)22-5-4-21(29(31,32)33)13-24(22)36-10-7-19(8-11-36)26(39)40/h3-6,13,19-20,23H,7-12,14-17H2,1-2H3,(H,39,40)/t20-,23+,28-/m1/s1. The lowest BCUT2D eigenvalue weighted by Gasteiger charge is -2.35. The highest BCUT2D eigenvalue weighted by atomic mass is 19.4. The molecular formula is C29H35F4N5O4. The molecule has 3 aliphatic rings. The van der Waals surface area contributed by atoms with E-state index < -0.39 is 41.1 Å². The van der Waals surface area contributed by atoms with Crippen LogP contribution in [0.15, 0.2) is 30.3 Å². The van der Waals surface area contributed by atoms with E-state index in [4.69, 9.17) is 4.74 Å². The van der Waals surface area contributed by atoms with E-state index >= 15 is 4.39 Å². The van der Waals surface area contributed by atoms with Crippen LogP contribution in [-0.4, -0.2) is 90.7 Å². The number of ether oxygens (including phenoxy) is 1. The van der Waals surface area contributed by atoms with Crippen molar-refractivity contribution in [2.45, 2.75) is 43.9 Å². The van der Waals surface area contributed by atoms with Gasteiger partial charge in [0.15, 0.2) is 5.82 Å². The van der Waals surface area contributed by atoms with Gasteiger partial charge in [-0.1, -0.05) is 6.07 Å². The number of aryl methyl sites for hydroxylation is 1. The second-order valence-electron chi connectivity index (χ2n) is 11.6. The number of piperidine rings is 1. The van der Waals surface area contributed by atoms with Gasteiger partial charge in [-0.05, 0) is 49.6 Å². The first kappa shape index (κ1) is 30.0. The number of halogens is 4. The van der Waals surface area contributed by atoms with Gasteiger partial charge in [-0.3, -0.25) is 9.59 Å². The number of carboxylic acid groups (broad SMARTS) is 1. The minimum atomic E-state index is -4.56. The molecule has 3 fully saturated rings. The van der Waals surface area contributed by atoms with Gasteiger partial charge in [0.25, 0.3) is 5.91 Å². The maximum atomic E-state index is 16.2. The first-order valence-electron chi connectivity index (χ1n) is 14.1. The summed E-state index contributed by atoms with van der Waals surface area (Å²) >= 11 is 0. The zero-order valence-electron chi connectivity index (χ0n) is 23.6. The summed E-state index contributed by atoms with van der Waals surface area (Å²) in [6.45, 7) is 3.09. The van der Waals surface area contributed by atoms with Gasteiger partial charge in [0.2, 0.25) is 5.67 Å². The van der Waals surface area contributed by atoms with Crippen molar-refractivity contribution in [3.63, 3.8) is 0 Å². The topological polar surface area (TPSA) is 99.1 Å². The van der Waals surface area contributed by atoms with Crippen molar-refractivity contribution in [1.29, 1.82) is 0 Å². The zero-order chi connectivity index (χ0) is 30.2. The third kappa shape index (κ3) is 6.02. The first-order chi connectivity index (χ1) is 19.9. The van der Waals surface area contributed by atoms with Gasteiger partial charge in [0, 0.05) is 63.8 Å². The number of methoxy groups -OCH3 is 1. The Morgan fingerprint density at radius 1 is 1.07 bits per heavy atom. The summed E-state index contributed by atoms with van der Waals surface area (Å²) in [5.41, 5.74) is -1.23. The molecule has 0 aliphatic carbocycles. The van der Waals surface area contributed by atoms with E-state index in [9.17, 15) is 27.9 Å². The molecule has 228 valence electrons. The van der Waals surface area contributed by atoms with Crippen LogP contribution in [0.3, 0.4) is 0 Å². The largest absolute Gasteiger partial charge is 0.481 e. The Morgan fingerprint density at radius 3 is 2.43 bits per heavy atom. The molecule has 4 heterocycles. The number of hydrogen-bond acceptors (Lipinski definition) is 7. The van der Waals surface area contributed by atoms with E-state index in [1.165, 1.54) is 18.1 Å². The average molecular weight is 594 g/mol. The van der Waals surface area contributed by atoms with Gasteiger partial charge in [-0.2, -0.15) is 18.3 Å². The van der Waals surface area contributed by atoms with Gasteiger partial charge < -0.3 is 24.5 Å². The quantitative estimate of drug-likeness (QED) is 0.483. The molecule has 5 rings (SSSR count). The second-order valence-corrected chi connectivity index (χ2v) is 11.6. The fourth-order valence-corrected chi connectivity index (χ4v) is 6.43. The number of aromatic nitrogens is 2. The van der Waals surface area contributed by atoms with E-state index in [2.05, 4.69) is 10.2 Å². The molecule has 3 atom stereocenters.